The van der Waals surface area contributed by atoms with Gasteiger partial charge in [0, 0.05) is 24.7 Å². The topological polar surface area (TPSA) is 24.5 Å². The Hall–Kier alpha value is -0.560. The molecule has 1 fully saturated rings. The fourth-order valence-corrected chi connectivity index (χ4v) is 3.03. The van der Waals surface area contributed by atoms with Crippen molar-refractivity contribution in [2.24, 2.45) is 0 Å². The molecule has 0 radical (unpaired) electrons. The maximum Gasteiger partial charge on any atom is 0.143 e. The van der Waals surface area contributed by atoms with Gasteiger partial charge >= 0.3 is 0 Å². The molecule has 118 valence electrons. The molecule has 1 saturated heterocycles. The first-order valence-corrected chi connectivity index (χ1v) is 7.99. The van der Waals surface area contributed by atoms with Crippen molar-refractivity contribution in [3.63, 3.8) is 0 Å². The van der Waals surface area contributed by atoms with E-state index in [4.69, 9.17) is 4.74 Å². The molecule has 2 unspecified atom stereocenters. The predicted octanol–water partition coefficient (Wildman–Crippen LogP) is 2.58. The van der Waals surface area contributed by atoms with E-state index in [0.717, 1.165) is 19.6 Å². The Balaban J connectivity index is 2.14. The molecule has 21 heavy (non-hydrogen) atoms. The van der Waals surface area contributed by atoms with Gasteiger partial charge in [-0.2, -0.15) is 0 Å². The largest absolute Gasteiger partial charge is 0.374 e. The van der Waals surface area contributed by atoms with E-state index < -0.39 is 11.6 Å². The van der Waals surface area contributed by atoms with Crippen LogP contribution in [0.3, 0.4) is 0 Å². The van der Waals surface area contributed by atoms with E-state index in [1.807, 2.05) is 0 Å². The Kier molecular flexibility index (Phi) is 6.10. The standard InChI is InChI=1S/C15H21BrF2N2O/c1-3-20-6-7-21-14(9-20)13(19-2)8-10-12(17)5-4-11(16)15(10)18/h4-5,13-14,19H,3,6-9H2,1-2H3. The summed E-state index contributed by atoms with van der Waals surface area (Å²) in [5.41, 5.74) is 0.0981. The lowest BCUT2D eigenvalue weighted by atomic mass is 9.99. The molecular formula is C15H21BrF2N2O. The van der Waals surface area contributed by atoms with Gasteiger partial charge in [0.2, 0.25) is 0 Å². The number of nitrogens with one attached hydrogen (secondary N) is 1. The van der Waals surface area contributed by atoms with Crippen LogP contribution in [0.2, 0.25) is 0 Å². The Morgan fingerprint density at radius 1 is 1.48 bits per heavy atom. The molecule has 0 aliphatic carbocycles. The molecule has 1 aromatic rings. The highest BCUT2D eigenvalue weighted by Gasteiger charge is 2.28. The van der Waals surface area contributed by atoms with Crippen molar-refractivity contribution in [2.75, 3.05) is 33.3 Å². The number of ether oxygens (including phenoxy) is 1. The molecule has 3 nitrogen and oxygen atoms in total. The zero-order chi connectivity index (χ0) is 15.4. The van der Waals surface area contributed by atoms with Crippen LogP contribution in [0.25, 0.3) is 0 Å². The summed E-state index contributed by atoms with van der Waals surface area (Å²) >= 11 is 3.11. The van der Waals surface area contributed by atoms with Crippen LogP contribution < -0.4 is 5.32 Å². The third-order valence-electron chi connectivity index (χ3n) is 4.01. The van der Waals surface area contributed by atoms with E-state index in [1.165, 1.54) is 12.1 Å². The molecule has 0 amide bonds. The number of halogens is 3. The molecule has 1 aliphatic heterocycles. The van der Waals surface area contributed by atoms with Crippen LogP contribution in [0.5, 0.6) is 0 Å². The Bertz CT molecular complexity index is 487. The predicted molar refractivity (Wildman–Crippen MR) is 82.5 cm³/mol. The average molecular weight is 363 g/mol. The number of hydrogen-bond acceptors (Lipinski definition) is 3. The summed E-state index contributed by atoms with van der Waals surface area (Å²) in [4.78, 5) is 2.28. The van der Waals surface area contributed by atoms with Gasteiger partial charge in [0.25, 0.3) is 0 Å². The van der Waals surface area contributed by atoms with Crippen LogP contribution in [0.1, 0.15) is 12.5 Å². The Labute approximate surface area is 132 Å². The Morgan fingerprint density at radius 2 is 2.24 bits per heavy atom. The van der Waals surface area contributed by atoms with Crippen molar-refractivity contribution in [3.05, 3.63) is 33.8 Å². The van der Waals surface area contributed by atoms with Crippen molar-refractivity contribution in [2.45, 2.75) is 25.5 Å². The van der Waals surface area contributed by atoms with Gasteiger partial charge < -0.3 is 10.1 Å². The highest BCUT2D eigenvalue weighted by molar-refractivity contribution is 9.10. The zero-order valence-electron chi connectivity index (χ0n) is 12.3. The number of benzene rings is 1. The summed E-state index contributed by atoms with van der Waals surface area (Å²) in [6.07, 6.45) is 0.192. The molecule has 2 rings (SSSR count). The first-order chi connectivity index (χ1) is 10.1. The van der Waals surface area contributed by atoms with Gasteiger partial charge in [-0.1, -0.05) is 6.92 Å². The van der Waals surface area contributed by atoms with E-state index in [2.05, 4.69) is 33.1 Å². The summed E-state index contributed by atoms with van der Waals surface area (Å²) in [5, 5.41) is 3.14. The average Bonchev–Trinajstić information content (AvgIpc) is 2.51. The van der Waals surface area contributed by atoms with Gasteiger partial charge in [0.05, 0.1) is 17.2 Å². The first kappa shape index (κ1) is 16.8. The van der Waals surface area contributed by atoms with E-state index in [0.29, 0.717) is 6.61 Å². The lowest BCUT2D eigenvalue weighted by Gasteiger charge is -2.36. The van der Waals surface area contributed by atoms with Crippen LogP contribution in [0.4, 0.5) is 8.78 Å². The number of rotatable bonds is 5. The molecule has 0 bridgehead atoms. The number of hydrogen-bond donors (Lipinski definition) is 1. The summed E-state index contributed by atoms with van der Waals surface area (Å²) in [7, 11) is 1.80. The molecule has 1 heterocycles. The second kappa shape index (κ2) is 7.63. The number of nitrogens with zero attached hydrogens (tertiary/aromatic N) is 1. The van der Waals surface area contributed by atoms with Crippen LogP contribution in [-0.2, 0) is 11.2 Å². The molecular weight excluding hydrogens is 342 g/mol. The highest BCUT2D eigenvalue weighted by atomic mass is 79.9. The minimum atomic E-state index is -0.529. The quantitative estimate of drug-likeness (QED) is 0.814. The summed E-state index contributed by atoms with van der Waals surface area (Å²) in [5.74, 6) is -1.04. The second-order valence-corrected chi connectivity index (χ2v) is 6.08. The zero-order valence-corrected chi connectivity index (χ0v) is 13.9. The summed E-state index contributed by atoms with van der Waals surface area (Å²) in [6.45, 7) is 5.39. The van der Waals surface area contributed by atoms with Gasteiger partial charge in [-0.3, -0.25) is 4.90 Å². The van der Waals surface area contributed by atoms with Crippen molar-refractivity contribution >= 4 is 15.9 Å². The van der Waals surface area contributed by atoms with Crippen molar-refractivity contribution in [1.82, 2.24) is 10.2 Å². The molecule has 0 saturated carbocycles. The summed E-state index contributed by atoms with van der Waals surface area (Å²) < 4.78 is 34.1. The first-order valence-electron chi connectivity index (χ1n) is 7.20. The Morgan fingerprint density at radius 3 is 2.90 bits per heavy atom. The van der Waals surface area contributed by atoms with Crippen molar-refractivity contribution < 1.29 is 13.5 Å². The fourth-order valence-electron chi connectivity index (χ4n) is 2.66. The molecule has 1 aliphatic rings. The normalized spacial score (nSPS) is 21.5. The monoisotopic (exact) mass is 362 g/mol. The minimum absolute atomic E-state index is 0.0681. The lowest BCUT2D eigenvalue weighted by Crippen LogP contribution is -2.52. The smallest absolute Gasteiger partial charge is 0.143 e. The highest BCUT2D eigenvalue weighted by Crippen LogP contribution is 2.24. The van der Waals surface area contributed by atoms with Crippen LogP contribution in [0, 0.1) is 11.6 Å². The van der Waals surface area contributed by atoms with Crippen molar-refractivity contribution in [3.8, 4) is 0 Å². The second-order valence-electron chi connectivity index (χ2n) is 5.22. The number of likely N-dealkylation sites (N-methyl/N-ethyl adjacent to an activating group) is 2. The van der Waals surface area contributed by atoms with E-state index >= 15 is 0 Å². The van der Waals surface area contributed by atoms with Crippen molar-refractivity contribution in [1.29, 1.82) is 0 Å². The van der Waals surface area contributed by atoms with Gasteiger partial charge in [-0.25, -0.2) is 8.78 Å². The summed E-state index contributed by atoms with van der Waals surface area (Å²) in [6, 6.07) is 2.55. The minimum Gasteiger partial charge on any atom is -0.374 e. The molecule has 2 atom stereocenters. The van der Waals surface area contributed by atoms with E-state index in [-0.39, 0.29) is 28.6 Å². The fraction of sp³-hybridized carbons (Fsp3) is 0.600. The third-order valence-corrected chi connectivity index (χ3v) is 4.62. The van der Waals surface area contributed by atoms with Gasteiger partial charge in [-0.05, 0) is 48.1 Å². The van der Waals surface area contributed by atoms with Crippen LogP contribution in [-0.4, -0.2) is 50.3 Å². The van der Waals surface area contributed by atoms with Crippen LogP contribution >= 0.6 is 15.9 Å². The molecule has 6 heteroatoms. The SMILES string of the molecule is CCN1CCOC(C(Cc2c(F)ccc(Br)c2F)NC)C1. The maximum absolute atomic E-state index is 14.1. The van der Waals surface area contributed by atoms with Gasteiger partial charge in [0.15, 0.2) is 0 Å². The van der Waals surface area contributed by atoms with Crippen LogP contribution in [0.15, 0.2) is 16.6 Å². The third kappa shape index (κ3) is 4.00. The molecule has 1 N–H and O–H groups in total. The molecule has 0 spiro atoms. The van der Waals surface area contributed by atoms with Gasteiger partial charge in [0.1, 0.15) is 11.6 Å². The maximum atomic E-state index is 14.1. The molecule has 0 aromatic heterocycles. The molecule has 1 aromatic carbocycles. The van der Waals surface area contributed by atoms with E-state index in [1.54, 1.807) is 7.05 Å². The number of morpholine rings is 1. The lowest BCUT2D eigenvalue weighted by molar-refractivity contribution is -0.0438. The van der Waals surface area contributed by atoms with Gasteiger partial charge in [-0.15, -0.1) is 0 Å². The van der Waals surface area contributed by atoms with E-state index in [9.17, 15) is 8.78 Å².